The number of hydrogen-bond donors (Lipinski definition) is 1. The lowest BCUT2D eigenvalue weighted by Crippen LogP contribution is -2.02. The molecule has 0 aromatic carbocycles. The Morgan fingerprint density at radius 1 is 1.61 bits per heavy atom. The molecule has 0 atom stereocenters. The Hall–Kier alpha value is -1.66. The van der Waals surface area contributed by atoms with E-state index in [0.29, 0.717) is 31.1 Å². The predicted molar refractivity (Wildman–Crippen MR) is 67.0 cm³/mol. The van der Waals surface area contributed by atoms with Gasteiger partial charge in [0.05, 0.1) is 4.88 Å². The average Bonchev–Trinajstić information content (AvgIpc) is 2.97. The van der Waals surface area contributed by atoms with Crippen molar-refractivity contribution >= 4 is 17.3 Å². The Bertz CT molecular complexity index is 518. The van der Waals surface area contributed by atoms with Crippen LogP contribution in [0.2, 0.25) is 0 Å². The quantitative estimate of drug-likeness (QED) is 0.815. The van der Waals surface area contributed by atoms with Gasteiger partial charge in [0.1, 0.15) is 5.76 Å². The first kappa shape index (κ1) is 12.8. The minimum atomic E-state index is -1.06. The summed E-state index contributed by atoms with van der Waals surface area (Å²) in [6.45, 7) is 0.564. The monoisotopic (exact) mass is 267 g/mol. The zero-order chi connectivity index (χ0) is 13.0. The number of aryl methyl sites for hydroxylation is 1. The molecular formula is C12H13NO4S. The third kappa shape index (κ3) is 2.77. The first-order chi connectivity index (χ1) is 8.72. The lowest BCUT2D eigenvalue weighted by molar-refractivity contribution is 0.0688. The van der Waals surface area contributed by atoms with Crippen molar-refractivity contribution in [1.29, 1.82) is 0 Å². The van der Waals surface area contributed by atoms with Crippen LogP contribution in [0.3, 0.4) is 0 Å². The summed E-state index contributed by atoms with van der Waals surface area (Å²) in [5.41, 5.74) is -0.00509. The van der Waals surface area contributed by atoms with Gasteiger partial charge in [0, 0.05) is 20.1 Å². The van der Waals surface area contributed by atoms with Crippen LogP contribution in [0.1, 0.15) is 22.7 Å². The van der Waals surface area contributed by atoms with E-state index in [1.807, 2.05) is 17.5 Å². The molecule has 0 saturated heterocycles. The second kappa shape index (κ2) is 5.79. The summed E-state index contributed by atoms with van der Waals surface area (Å²) in [4.78, 5) is 16.0. The van der Waals surface area contributed by atoms with Crippen molar-refractivity contribution in [3.63, 3.8) is 0 Å². The highest BCUT2D eigenvalue weighted by molar-refractivity contribution is 7.13. The van der Waals surface area contributed by atoms with E-state index in [0.717, 1.165) is 4.88 Å². The van der Waals surface area contributed by atoms with Crippen LogP contribution in [0.4, 0.5) is 0 Å². The van der Waals surface area contributed by atoms with Crippen LogP contribution < -0.4 is 0 Å². The van der Waals surface area contributed by atoms with Crippen molar-refractivity contribution in [1.82, 2.24) is 4.98 Å². The molecular weight excluding hydrogens is 254 g/mol. The number of rotatable bonds is 6. The second-order valence-corrected chi connectivity index (χ2v) is 4.62. The minimum Gasteiger partial charge on any atom is -0.476 e. The number of methoxy groups -OCH3 is 1. The molecule has 0 fully saturated rings. The van der Waals surface area contributed by atoms with E-state index < -0.39 is 5.97 Å². The summed E-state index contributed by atoms with van der Waals surface area (Å²) in [5, 5.41) is 11.0. The van der Waals surface area contributed by atoms with Crippen molar-refractivity contribution < 1.29 is 19.1 Å². The Morgan fingerprint density at radius 3 is 3.06 bits per heavy atom. The number of nitrogens with zero attached hydrogens (tertiary/aromatic N) is 1. The van der Waals surface area contributed by atoms with Crippen LogP contribution in [0.5, 0.6) is 0 Å². The Morgan fingerprint density at radius 2 is 2.44 bits per heavy atom. The number of aromatic carboxylic acids is 1. The summed E-state index contributed by atoms with van der Waals surface area (Å²) in [6.07, 6.45) is 1.21. The molecule has 0 unspecified atom stereocenters. The first-order valence-electron chi connectivity index (χ1n) is 5.48. The largest absolute Gasteiger partial charge is 0.476 e. The maximum absolute atomic E-state index is 11.1. The van der Waals surface area contributed by atoms with Gasteiger partial charge < -0.3 is 14.3 Å². The smallest absolute Gasteiger partial charge is 0.358 e. The number of thiophene rings is 1. The molecule has 6 heteroatoms. The summed E-state index contributed by atoms with van der Waals surface area (Å²) in [6, 6.07) is 3.72. The Balaban J connectivity index is 2.24. The van der Waals surface area contributed by atoms with Crippen molar-refractivity contribution in [2.24, 2.45) is 0 Å². The van der Waals surface area contributed by atoms with Crippen LogP contribution >= 0.6 is 11.3 Å². The zero-order valence-corrected chi connectivity index (χ0v) is 10.7. The number of carboxylic acids is 1. The van der Waals surface area contributed by atoms with Gasteiger partial charge in [-0.15, -0.1) is 11.3 Å². The van der Waals surface area contributed by atoms with Crippen molar-refractivity contribution in [3.05, 3.63) is 29.0 Å². The number of ether oxygens (including phenoxy) is 1. The molecule has 0 aliphatic carbocycles. The molecule has 0 amide bonds. The van der Waals surface area contributed by atoms with Gasteiger partial charge in [0.25, 0.3) is 0 Å². The maximum atomic E-state index is 11.1. The highest BCUT2D eigenvalue weighted by Gasteiger charge is 2.20. The fourth-order valence-corrected chi connectivity index (χ4v) is 2.22. The lowest BCUT2D eigenvalue weighted by Gasteiger charge is -1.97. The van der Waals surface area contributed by atoms with Crippen LogP contribution in [0.25, 0.3) is 10.8 Å². The summed E-state index contributed by atoms with van der Waals surface area (Å²) in [5.74, 6) is -0.285. The maximum Gasteiger partial charge on any atom is 0.358 e. The molecule has 5 nitrogen and oxygen atoms in total. The molecule has 1 N–H and O–H groups in total. The highest BCUT2D eigenvalue weighted by atomic mass is 32.1. The molecule has 0 radical (unpaired) electrons. The molecule has 0 spiro atoms. The molecule has 2 aromatic heterocycles. The lowest BCUT2D eigenvalue weighted by atomic mass is 10.2. The van der Waals surface area contributed by atoms with Crippen LogP contribution in [-0.2, 0) is 11.2 Å². The Kier molecular flexibility index (Phi) is 4.11. The summed E-state index contributed by atoms with van der Waals surface area (Å²) in [7, 11) is 1.61. The summed E-state index contributed by atoms with van der Waals surface area (Å²) >= 11 is 1.46. The van der Waals surface area contributed by atoms with E-state index in [-0.39, 0.29) is 5.69 Å². The minimum absolute atomic E-state index is 0.00509. The predicted octanol–water partition coefficient (Wildman–Crippen LogP) is 2.68. The molecule has 0 saturated carbocycles. The van der Waals surface area contributed by atoms with Crippen molar-refractivity contribution in [3.8, 4) is 10.8 Å². The SMILES string of the molecule is COCCCc1oc(-c2cccs2)nc1C(=O)O. The zero-order valence-electron chi connectivity index (χ0n) is 9.88. The van der Waals surface area contributed by atoms with Crippen molar-refractivity contribution in [2.75, 3.05) is 13.7 Å². The topological polar surface area (TPSA) is 72.6 Å². The first-order valence-corrected chi connectivity index (χ1v) is 6.36. The number of oxazole rings is 1. The van der Waals surface area contributed by atoms with E-state index in [1.165, 1.54) is 11.3 Å². The standard InChI is InChI=1S/C12H13NO4S/c1-16-6-2-4-8-10(12(14)15)13-11(17-8)9-5-3-7-18-9/h3,5,7H,2,4,6H2,1H3,(H,14,15). The number of carboxylic acid groups (broad SMARTS) is 1. The molecule has 2 heterocycles. The molecule has 0 aliphatic heterocycles. The van der Waals surface area contributed by atoms with Gasteiger partial charge in [-0.05, 0) is 17.9 Å². The van der Waals surface area contributed by atoms with Gasteiger partial charge in [0.2, 0.25) is 5.89 Å². The van der Waals surface area contributed by atoms with E-state index in [4.69, 9.17) is 14.3 Å². The molecule has 2 rings (SSSR count). The summed E-state index contributed by atoms with van der Waals surface area (Å²) < 4.78 is 10.5. The van der Waals surface area contributed by atoms with Gasteiger partial charge in [-0.1, -0.05) is 6.07 Å². The fourth-order valence-electron chi connectivity index (χ4n) is 1.57. The van der Waals surface area contributed by atoms with Crippen LogP contribution in [0.15, 0.2) is 21.9 Å². The number of hydrogen-bond acceptors (Lipinski definition) is 5. The molecule has 0 aliphatic rings. The molecule has 18 heavy (non-hydrogen) atoms. The Labute approximate surface area is 108 Å². The van der Waals surface area contributed by atoms with Gasteiger partial charge >= 0.3 is 5.97 Å². The molecule has 0 bridgehead atoms. The normalized spacial score (nSPS) is 10.7. The van der Waals surface area contributed by atoms with Gasteiger partial charge in [-0.3, -0.25) is 0 Å². The number of aromatic nitrogens is 1. The van der Waals surface area contributed by atoms with Gasteiger partial charge in [-0.2, -0.15) is 0 Å². The fraction of sp³-hybridized carbons (Fsp3) is 0.333. The van der Waals surface area contributed by atoms with E-state index in [1.54, 1.807) is 7.11 Å². The van der Waals surface area contributed by atoms with Gasteiger partial charge in [0.15, 0.2) is 5.69 Å². The van der Waals surface area contributed by atoms with Gasteiger partial charge in [-0.25, -0.2) is 9.78 Å². The molecule has 2 aromatic rings. The molecule has 96 valence electrons. The van der Waals surface area contributed by atoms with Crippen LogP contribution in [0, 0.1) is 0 Å². The third-order valence-corrected chi connectivity index (χ3v) is 3.24. The average molecular weight is 267 g/mol. The second-order valence-electron chi connectivity index (χ2n) is 3.67. The van der Waals surface area contributed by atoms with E-state index in [9.17, 15) is 4.79 Å². The van der Waals surface area contributed by atoms with Crippen molar-refractivity contribution in [2.45, 2.75) is 12.8 Å². The highest BCUT2D eigenvalue weighted by Crippen LogP contribution is 2.26. The number of carbonyl (C=O) groups is 1. The van der Waals surface area contributed by atoms with E-state index in [2.05, 4.69) is 4.98 Å². The van der Waals surface area contributed by atoms with E-state index >= 15 is 0 Å². The van der Waals surface area contributed by atoms with Crippen LogP contribution in [-0.4, -0.2) is 29.8 Å². The third-order valence-electron chi connectivity index (χ3n) is 2.38.